The minimum absolute atomic E-state index is 0.0452. The highest BCUT2D eigenvalue weighted by Crippen LogP contribution is 2.42. The van der Waals surface area contributed by atoms with Gasteiger partial charge in [-0.15, -0.1) is 0 Å². The third-order valence-corrected chi connectivity index (χ3v) is 5.87. The molecule has 4 rings (SSSR count). The molecule has 198 valence electrons. The molecule has 0 aliphatic heterocycles. The summed E-state index contributed by atoms with van der Waals surface area (Å²) in [5, 5.41) is 7.85. The summed E-state index contributed by atoms with van der Waals surface area (Å²) in [7, 11) is 0. The van der Waals surface area contributed by atoms with Gasteiger partial charge in [-0.2, -0.15) is 0 Å². The quantitative estimate of drug-likeness (QED) is 0.221. The fraction of sp³-hybridized carbons (Fsp3) is 0.310. The van der Waals surface area contributed by atoms with Crippen LogP contribution < -0.4 is 4.74 Å². The molecule has 0 radical (unpaired) electrons. The zero-order valence-electron chi connectivity index (χ0n) is 22.1. The van der Waals surface area contributed by atoms with Crippen LogP contribution in [0.25, 0.3) is 22.6 Å². The van der Waals surface area contributed by atoms with Crippen LogP contribution in [0.1, 0.15) is 71.3 Å². The van der Waals surface area contributed by atoms with E-state index in [-0.39, 0.29) is 47.6 Å². The van der Waals surface area contributed by atoms with Crippen molar-refractivity contribution in [3.05, 3.63) is 76.6 Å². The summed E-state index contributed by atoms with van der Waals surface area (Å²) >= 11 is 0. The number of ether oxygens (including phenoxy) is 3. The van der Waals surface area contributed by atoms with Crippen LogP contribution in [0.4, 0.5) is 0 Å². The summed E-state index contributed by atoms with van der Waals surface area (Å²) in [6.45, 7) is 10.2. The van der Waals surface area contributed by atoms with Crippen LogP contribution in [0.2, 0.25) is 0 Å². The van der Waals surface area contributed by atoms with E-state index in [1.807, 2.05) is 49.4 Å². The van der Waals surface area contributed by atoms with Crippen molar-refractivity contribution in [2.75, 3.05) is 13.2 Å². The van der Waals surface area contributed by atoms with E-state index < -0.39 is 11.9 Å². The van der Waals surface area contributed by atoms with Crippen molar-refractivity contribution in [3.63, 3.8) is 0 Å². The van der Waals surface area contributed by atoms with Crippen molar-refractivity contribution < 1.29 is 32.8 Å². The minimum atomic E-state index is -0.700. The lowest BCUT2D eigenvalue weighted by atomic mass is 9.93. The molecular weight excluding hydrogens is 488 g/mol. The average molecular weight is 519 g/mol. The highest BCUT2D eigenvalue weighted by atomic mass is 16.5. The Morgan fingerprint density at radius 1 is 0.921 bits per heavy atom. The summed E-state index contributed by atoms with van der Waals surface area (Å²) in [4.78, 5) is 25.1. The molecule has 0 saturated heterocycles. The molecule has 0 aliphatic carbocycles. The van der Waals surface area contributed by atoms with Gasteiger partial charge < -0.3 is 23.3 Å². The Morgan fingerprint density at radius 2 is 1.63 bits per heavy atom. The SMILES string of the molecule is CCOC(=O)c1cc(-c2c(C(=O)OCC)noc2-c2cc(C(C)C)c(C)cc2OCc2ccccc2)on1. The summed E-state index contributed by atoms with van der Waals surface area (Å²) in [5.41, 5.74) is 3.73. The van der Waals surface area contributed by atoms with E-state index >= 15 is 0 Å². The Bertz CT molecular complexity index is 1420. The number of carbonyl (C=O) groups excluding carboxylic acids is 2. The predicted octanol–water partition coefficient (Wildman–Crippen LogP) is 6.36. The smallest absolute Gasteiger partial charge is 0.361 e. The van der Waals surface area contributed by atoms with Crippen LogP contribution >= 0.6 is 0 Å². The molecule has 2 aromatic carbocycles. The van der Waals surface area contributed by atoms with Gasteiger partial charge >= 0.3 is 11.9 Å². The first kappa shape index (κ1) is 26.7. The van der Waals surface area contributed by atoms with E-state index in [1.54, 1.807) is 13.8 Å². The molecule has 0 bridgehead atoms. The van der Waals surface area contributed by atoms with E-state index in [4.69, 9.17) is 23.3 Å². The first-order chi connectivity index (χ1) is 18.3. The summed E-state index contributed by atoms with van der Waals surface area (Å²) in [5.74, 6) is -0.281. The van der Waals surface area contributed by atoms with Gasteiger partial charge in [-0.3, -0.25) is 0 Å². The molecule has 0 fully saturated rings. The number of hydrogen-bond acceptors (Lipinski definition) is 9. The number of carbonyl (C=O) groups is 2. The van der Waals surface area contributed by atoms with Gasteiger partial charge in [0.25, 0.3) is 0 Å². The van der Waals surface area contributed by atoms with Gasteiger partial charge in [0.05, 0.1) is 18.8 Å². The lowest BCUT2D eigenvalue weighted by molar-refractivity contribution is 0.0504. The summed E-state index contributed by atoms with van der Waals surface area (Å²) in [6.07, 6.45) is 0. The Labute approximate surface area is 220 Å². The number of rotatable bonds is 10. The second-order valence-corrected chi connectivity index (χ2v) is 8.89. The fourth-order valence-electron chi connectivity index (χ4n) is 4.09. The highest BCUT2D eigenvalue weighted by Gasteiger charge is 2.31. The average Bonchev–Trinajstić information content (AvgIpc) is 3.56. The lowest BCUT2D eigenvalue weighted by Crippen LogP contribution is -2.06. The van der Waals surface area contributed by atoms with Gasteiger partial charge in [0.15, 0.2) is 17.2 Å². The van der Waals surface area contributed by atoms with E-state index in [1.165, 1.54) is 6.07 Å². The molecule has 0 N–H and O–H groups in total. The van der Waals surface area contributed by atoms with Gasteiger partial charge in [-0.1, -0.05) is 54.5 Å². The number of aromatic nitrogens is 2. The molecule has 2 aromatic heterocycles. The number of esters is 2. The van der Waals surface area contributed by atoms with Crippen LogP contribution in [-0.4, -0.2) is 35.5 Å². The second-order valence-electron chi connectivity index (χ2n) is 8.89. The maximum Gasteiger partial charge on any atom is 0.361 e. The molecule has 38 heavy (non-hydrogen) atoms. The van der Waals surface area contributed by atoms with E-state index in [9.17, 15) is 9.59 Å². The molecule has 9 nitrogen and oxygen atoms in total. The molecule has 0 atom stereocenters. The minimum Gasteiger partial charge on any atom is -0.488 e. The van der Waals surface area contributed by atoms with E-state index in [0.717, 1.165) is 16.7 Å². The number of benzene rings is 2. The first-order valence-electron chi connectivity index (χ1n) is 12.5. The van der Waals surface area contributed by atoms with Crippen molar-refractivity contribution in [2.24, 2.45) is 0 Å². The Morgan fingerprint density at radius 3 is 2.32 bits per heavy atom. The van der Waals surface area contributed by atoms with Crippen molar-refractivity contribution in [1.82, 2.24) is 10.3 Å². The standard InChI is InChI=1S/C29H30N2O7/c1-6-34-28(32)22-15-24(37-30-22)25-26(29(33)35-7-2)31-38-27(25)21-14-20(17(3)4)18(5)13-23(21)36-16-19-11-9-8-10-12-19/h8-15,17H,6-7,16H2,1-5H3. The van der Waals surface area contributed by atoms with Gasteiger partial charge in [-0.05, 0) is 55.5 Å². The van der Waals surface area contributed by atoms with E-state index in [0.29, 0.717) is 17.9 Å². The molecule has 0 spiro atoms. The van der Waals surface area contributed by atoms with Gasteiger partial charge in [0, 0.05) is 6.07 Å². The van der Waals surface area contributed by atoms with Crippen LogP contribution in [0.5, 0.6) is 5.75 Å². The topological polar surface area (TPSA) is 114 Å². The first-order valence-corrected chi connectivity index (χ1v) is 12.5. The lowest BCUT2D eigenvalue weighted by Gasteiger charge is -2.17. The molecule has 4 aromatic rings. The zero-order chi connectivity index (χ0) is 27.2. The maximum absolute atomic E-state index is 12.8. The monoisotopic (exact) mass is 518 g/mol. The van der Waals surface area contributed by atoms with Crippen molar-refractivity contribution >= 4 is 11.9 Å². The summed E-state index contributed by atoms with van der Waals surface area (Å²) in [6, 6.07) is 15.1. The Balaban J connectivity index is 1.88. The third kappa shape index (κ3) is 5.61. The van der Waals surface area contributed by atoms with Crippen LogP contribution in [0, 0.1) is 6.92 Å². The molecule has 9 heteroatoms. The van der Waals surface area contributed by atoms with Crippen molar-refractivity contribution in [2.45, 2.75) is 47.1 Å². The number of hydrogen-bond donors (Lipinski definition) is 0. The van der Waals surface area contributed by atoms with Gasteiger partial charge in [-0.25, -0.2) is 9.59 Å². The number of aryl methyl sites for hydroxylation is 1. The molecule has 0 saturated carbocycles. The van der Waals surface area contributed by atoms with Gasteiger partial charge in [0.2, 0.25) is 5.69 Å². The van der Waals surface area contributed by atoms with Crippen molar-refractivity contribution in [1.29, 1.82) is 0 Å². The van der Waals surface area contributed by atoms with Crippen molar-refractivity contribution in [3.8, 4) is 28.4 Å². The third-order valence-electron chi connectivity index (χ3n) is 5.87. The molecule has 0 amide bonds. The Hall–Kier alpha value is -4.40. The molecule has 0 unspecified atom stereocenters. The van der Waals surface area contributed by atoms with Gasteiger partial charge in [0.1, 0.15) is 17.9 Å². The predicted molar refractivity (Wildman–Crippen MR) is 139 cm³/mol. The number of nitrogens with zero attached hydrogens (tertiary/aromatic N) is 2. The fourth-order valence-corrected chi connectivity index (χ4v) is 4.09. The molecule has 0 aliphatic rings. The maximum atomic E-state index is 12.8. The molecular formula is C29H30N2O7. The Kier molecular flexibility index (Phi) is 8.25. The summed E-state index contributed by atoms with van der Waals surface area (Å²) < 4.78 is 27.7. The van der Waals surface area contributed by atoms with Crippen LogP contribution in [0.3, 0.4) is 0 Å². The second kappa shape index (κ2) is 11.8. The zero-order valence-corrected chi connectivity index (χ0v) is 22.1. The van der Waals surface area contributed by atoms with Crippen LogP contribution in [0.15, 0.2) is 57.6 Å². The normalized spacial score (nSPS) is 11.0. The van der Waals surface area contributed by atoms with Crippen LogP contribution in [-0.2, 0) is 16.1 Å². The highest BCUT2D eigenvalue weighted by molar-refractivity contribution is 5.99. The largest absolute Gasteiger partial charge is 0.488 e. The van der Waals surface area contributed by atoms with E-state index in [2.05, 4.69) is 24.2 Å². The molecule has 2 heterocycles.